The largest absolute Gasteiger partial charge is 0.469 e. The van der Waals surface area contributed by atoms with Crippen molar-refractivity contribution < 1.29 is 23.2 Å². The normalized spacial score (nSPS) is 22.9. The molecule has 0 saturated heterocycles. The van der Waals surface area contributed by atoms with Crippen LogP contribution in [-0.2, 0) is 23.2 Å². The molecule has 0 spiro atoms. The lowest BCUT2D eigenvalue weighted by molar-refractivity contribution is -0.140. The van der Waals surface area contributed by atoms with E-state index in [1.165, 1.54) is 26.4 Å². The summed E-state index contributed by atoms with van der Waals surface area (Å²) in [5.74, 6) is 0.142. The van der Waals surface area contributed by atoms with Crippen LogP contribution in [0.5, 0.6) is 0 Å². The summed E-state index contributed by atoms with van der Waals surface area (Å²) in [5, 5.41) is 0.213. The predicted octanol–water partition coefficient (Wildman–Crippen LogP) is 9.40. The van der Waals surface area contributed by atoms with Crippen molar-refractivity contribution in [2.24, 2.45) is 11.8 Å². The minimum absolute atomic E-state index is 0.0215. The SMILES string of the molecule is CCCCC/C=C\C[C@H]1[C@@H](/C=C/C(=O)CCCC(=O)OC)[C@@H](O[Si](C)(C)C(C)(C)C)C[C@H]1O[Si](C)(C)C(C)(C)C. The van der Waals surface area contributed by atoms with Gasteiger partial charge in [-0.2, -0.15) is 0 Å². The van der Waals surface area contributed by atoms with Crippen molar-refractivity contribution in [3.63, 3.8) is 0 Å². The van der Waals surface area contributed by atoms with Crippen LogP contribution in [0.3, 0.4) is 0 Å². The zero-order valence-electron chi connectivity index (χ0n) is 28.0. The number of allylic oxidation sites excluding steroid dienone is 3. The first-order valence-electron chi connectivity index (χ1n) is 15.6. The molecule has 0 aliphatic heterocycles. The third-order valence-corrected chi connectivity index (χ3v) is 18.5. The number of carbonyl (C=O) groups is 2. The van der Waals surface area contributed by atoms with Crippen LogP contribution in [0.2, 0.25) is 36.3 Å². The summed E-state index contributed by atoms with van der Waals surface area (Å²) in [6.45, 7) is 25.3. The minimum atomic E-state index is -2.05. The van der Waals surface area contributed by atoms with Gasteiger partial charge in [-0.25, -0.2) is 0 Å². The summed E-state index contributed by atoms with van der Waals surface area (Å²) in [5.41, 5.74) is 0. The number of rotatable bonds is 16. The van der Waals surface area contributed by atoms with Crippen LogP contribution in [-0.4, -0.2) is 47.7 Å². The molecule has 0 bridgehead atoms. The Morgan fingerprint density at radius 3 is 1.93 bits per heavy atom. The molecule has 0 aromatic carbocycles. The molecule has 0 unspecified atom stereocenters. The van der Waals surface area contributed by atoms with E-state index >= 15 is 0 Å². The molecule has 5 nitrogen and oxygen atoms in total. The fraction of sp³-hybridized carbons (Fsp3) is 0.818. The highest BCUT2D eigenvalue weighted by atomic mass is 28.4. The number of hydrogen-bond donors (Lipinski definition) is 0. The molecule has 0 radical (unpaired) electrons. The number of ether oxygens (including phenoxy) is 1. The molecule has 1 aliphatic rings. The Morgan fingerprint density at radius 1 is 0.825 bits per heavy atom. The molecule has 0 aromatic rings. The quantitative estimate of drug-likeness (QED) is 0.0585. The number of carbonyl (C=O) groups excluding carboxylic acids is 2. The first-order chi connectivity index (χ1) is 18.4. The number of unbranched alkanes of at least 4 members (excludes halogenated alkanes) is 3. The van der Waals surface area contributed by atoms with Gasteiger partial charge in [-0.05, 0) is 80.4 Å². The highest BCUT2D eigenvalue weighted by molar-refractivity contribution is 6.74. The number of ketones is 1. The van der Waals surface area contributed by atoms with Gasteiger partial charge in [0.25, 0.3) is 0 Å². The van der Waals surface area contributed by atoms with E-state index in [9.17, 15) is 9.59 Å². The summed E-state index contributed by atoms with van der Waals surface area (Å²) in [4.78, 5) is 24.3. The van der Waals surface area contributed by atoms with Crippen molar-refractivity contribution >= 4 is 28.4 Å². The Balaban J connectivity index is 3.32. The maximum atomic E-state index is 12.8. The van der Waals surface area contributed by atoms with Crippen LogP contribution in [0.25, 0.3) is 0 Å². The summed E-state index contributed by atoms with van der Waals surface area (Å²) in [6.07, 6.45) is 16.4. The molecule has 0 amide bonds. The second kappa shape index (κ2) is 16.0. The van der Waals surface area contributed by atoms with Crippen molar-refractivity contribution in [1.82, 2.24) is 0 Å². The van der Waals surface area contributed by atoms with E-state index in [4.69, 9.17) is 13.6 Å². The highest BCUT2D eigenvalue weighted by Gasteiger charge is 2.50. The topological polar surface area (TPSA) is 61.8 Å². The maximum Gasteiger partial charge on any atom is 0.305 e. The molecule has 1 saturated carbocycles. The van der Waals surface area contributed by atoms with Crippen LogP contribution < -0.4 is 0 Å². The molecule has 40 heavy (non-hydrogen) atoms. The number of esters is 1. The average Bonchev–Trinajstić information content (AvgIpc) is 3.12. The van der Waals surface area contributed by atoms with E-state index in [0.717, 1.165) is 19.3 Å². The number of methoxy groups -OCH3 is 1. The molecule has 7 heteroatoms. The van der Waals surface area contributed by atoms with Crippen molar-refractivity contribution in [2.45, 2.75) is 155 Å². The molecule has 0 heterocycles. The standard InChI is InChI=1S/C33H62O5Si2/c1-13-14-15-16-17-18-21-27-28(24-23-26(34)20-19-22-31(35)36-8)30(38-40(11,12)33(5,6)7)25-29(27)37-39(9,10)32(2,3)4/h17-18,23-24,27-30H,13-16,19-22,25H2,1-12H3/b18-17-,24-23+/t27-,28+,29+,30-/m0/s1. The van der Waals surface area contributed by atoms with Gasteiger partial charge in [0.05, 0.1) is 19.3 Å². The molecule has 1 rings (SSSR count). The first kappa shape index (κ1) is 37.0. The number of hydrogen-bond acceptors (Lipinski definition) is 5. The van der Waals surface area contributed by atoms with E-state index in [0.29, 0.717) is 12.8 Å². The lowest BCUT2D eigenvalue weighted by Gasteiger charge is -2.40. The zero-order chi connectivity index (χ0) is 30.8. The maximum absolute atomic E-state index is 12.8. The molecule has 4 atom stereocenters. The third kappa shape index (κ3) is 11.7. The van der Waals surface area contributed by atoms with Crippen molar-refractivity contribution in [2.75, 3.05) is 7.11 Å². The van der Waals surface area contributed by atoms with Gasteiger partial charge >= 0.3 is 5.97 Å². The van der Waals surface area contributed by atoms with Gasteiger partial charge < -0.3 is 13.6 Å². The van der Waals surface area contributed by atoms with Gasteiger partial charge in [-0.3, -0.25) is 9.59 Å². The van der Waals surface area contributed by atoms with E-state index in [1.807, 2.05) is 0 Å². The van der Waals surface area contributed by atoms with Gasteiger partial charge in [-0.15, -0.1) is 0 Å². The fourth-order valence-electron chi connectivity index (χ4n) is 4.73. The van der Waals surface area contributed by atoms with Crippen molar-refractivity contribution in [1.29, 1.82) is 0 Å². The zero-order valence-corrected chi connectivity index (χ0v) is 30.0. The summed E-state index contributed by atoms with van der Waals surface area (Å²) in [7, 11) is -2.67. The Bertz CT molecular complexity index is 848. The molecule has 0 N–H and O–H groups in total. The summed E-state index contributed by atoms with van der Waals surface area (Å²) >= 11 is 0. The lowest BCUT2D eigenvalue weighted by Crippen LogP contribution is -2.45. The van der Waals surface area contributed by atoms with E-state index < -0.39 is 16.6 Å². The van der Waals surface area contributed by atoms with Gasteiger partial charge in [0, 0.05) is 18.8 Å². The first-order valence-corrected chi connectivity index (χ1v) is 21.5. The second-order valence-electron chi connectivity index (χ2n) is 14.8. The lowest BCUT2D eigenvalue weighted by atomic mass is 9.89. The monoisotopic (exact) mass is 594 g/mol. The highest BCUT2D eigenvalue weighted by Crippen LogP contribution is 2.47. The third-order valence-electron chi connectivity index (χ3n) is 9.46. The summed E-state index contributed by atoms with van der Waals surface area (Å²) in [6, 6.07) is 0. The van der Waals surface area contributed by atoms with E-state index in [1.54, 1.807) is 6.08 Å². The van der Waals surface area contributed by atoms with Gasteiger partial charge in [-0.1, -0.05) is 79.5 Å². The van der Waals surface area contributed by atoms with E-state index in [2.05, 4.69) is 92.9 Å². The van der Waals surface area contributed by atoms with E-state index in [-0.39, 0.29) is 52.3 Å². The molecular weight excluding hydrogens is 533 g/mol. The van der Waals surface area contributed by atoms with Crippen LogP contribution in [0, 0.1) is 11.8 Å². The van der Waals surface area contributed by atoms with Crippen molar-refractivity contribution in [3.8, 4) is 0 Å². The Labute approximate surface area is 249 Å². The van der Waals surface area contributed by atoms with Crippen LogP contribution in [0.1, 0.15) is 106 Å². The van der Waals surface area contributed by atoms with Gasteiger partial charge in [0.15, 0.2) is 22.4 Å². The average molecular weight is 595 g/mol. The minimum Gasteiger partial charge on any atom is -0.469 e. The molecule has 232 valence electrons. The van der Waals surface area contributed by atoms with Crippen LogP contribution in [0.15, 0.2) is 24.3 Å². The molecule has 1 fully saturated rings. The van der Waals surface area contributed by atoms with Gasteiger partial charge in [0.2, 0.25) is 0 Å². The molecule has 0 aromatic heterocycles. The molecular formula is C33H62O5Si2. The van der Waals surface area contributed by atoms with Crippen LogP contribution >= 0.6 is 0 Å². The second-order valence-corrected chi connectivity index (χ2v) is 24.3. The fourth-order valence-corrected chi connectivity index (χ4v) is 7.47. The van der Waals surface area contributed by atoms with Crippen LogP contribution in [0.4, 0.5) is 0 Å². The van der Waals surface area contributed by atoms with Crippen molar-refractivity contribution in [3.05, 3.63) is 24.3 Å². The smallest absolute Gasteiger partial charge is 0.305 e. The Kier molecular flexibility index (Phi) is 14.8. The predicted molar refractivity (Wildman–Crippen MR) is 174 cm³/mol. The summed E-state index contributed by atoms with van der Waals surface area (Å²) < 4.78 is 18.9. The molecule has 1 aliphatic carbocycles. The Hall–Kier alpha value is -1.03. The van der Waals surface area contributed by atoms with Gasteiger partial charge in [0.1, 0.15) is 0 Å². The Morgan fingerprint density at radius 2 is 1.40 bits per heavy atom.